The van der Waals surface area contributed by atoms with Gasteiger partial charge in [-0.05, 0) is 24.0 Å². The summed E-state index contributed by atoms with van der Waals surface area (Å²) in [4.78, 5) is 15.4. The second-order valence-corrected chi connectivity index (χ2v) is 6.18. The highest BCUT2D eigenvalue weighted by atomic mass is 32.1. The number of hydrogen-bond donors (Lipinski definition) is 0. The first-order chi connectivity index (χ1) is 10.3. The largest absolute Gasteiger partial charge is 0.337 e. The molecule has 21 heavy (non-hydrogen) atoms. The molecule has 3 nitrogen and oxygen atoms in total. The fourth-order valence-corrected chi connectivity index (χ4v) is 3.73. The second-order valence-electron chi connectivity index (χ2n) is 5.21. The number of hydrogen-bond acceptors (Lipinski definition) is 3. The fourth-order valence-electron chi connectivity index (χ4n) is 2.69. The van der Waals surface area contributed by atoms with Crippen LogP contribution in [0.25, 0.3) is 0 Å². The molecule has 1 amide bonds. The maximum absolute atomic E-state index is 12.3. The highest BCUT2D eigenvalue weighted by Crippen LogP contribution is 2.28. The molecule has 2 aromatic rings. The molecule has 4 heteroatoms. The summed E-state index contributed by atoms with van der Waals surface area (Å²) < 4.78 is 0. The number of carbonyl (C=O) groups is 1. The van der Waals surface area contributed by atoms with Crippen LogP contribution in [0.5, 0.6) is 0 Å². The van der Waals surface area contributed by atoms with Crippen LogP contribution >= 0.6 is 11.3 Å². The Morgan fingerprint density at radius 3 is 2.90 bits per heavy atom. The molecule has 0 aliphatic carbocycles. The van der Waals surface area contributed by atoms with Gasteiger partial charge in [0.15, 0.2) is 0 Å². The molecule has 0 N–H and O–H groups in total. The molecular weight excluding hydrogens is 280 g/mol. The third-order valence-corrected chi connectivity index (χ3v) is 4.90. The zero-order valence-electron chi connectivity index (χ0n) is 11.7. The average molecular weight is 296 g/mol. The summed E-state index contributed by atoms with van der Waals surface area (Å²) in [6.45, 7) is 1.39. The average Bonchev–Trinajstić information content (AvgIpc) is 2.95. The van der Waals surface area contributed by atoms with Gasteiger partial charge in [0.25, 0.3) is 0 Å². The van der Waals surface area contributed by atoms with Gasteiger partial charge in [0.05, 0.1) is 12.1 Å². The molecule has 1 aliphatic rings. The van der Waals surface area contributed by atoms with Crippen molar-refractivity contribution in [2.24, 2.45) is 0 Å². The third kappa shape index (κ3) is 2.98. The number of amides is 1. The van der Waals surface area contributed by atoms with Crippen LogP contribution in [-0.4, -0.2) is 17.4 Å². The third-order valence-electron chi connectivity index (χ3n) is 3.89. The number of aryl methyl sites for hydroxylation is 1. The van der Waals surface area contributed by atoms with Crippen molar-refractivity contribution in [2.45, 2.75) is 25.8 Å². The molecule has 0 atom stereocenters. The molecule has 2 heterocycles. The van der Waals surface area contributed by atoms with Gasteiger partial charge in [-0.25, -0.2) is 0 Å². The van der Waals surface area contributed by atoms with Gasteiger partial charge < -0.3 is 4.90 Å². The van der Waals surface area contributed by atoms with Crippen molar-refractivity contribution in [1.29, 1.82) is 5.26 Å². The van der Waals surface area contributed by atoms with Crippen LogP contribution in [0.4, 0.5) is 0 Å². The van der Waals surface area contributed by atoms with Gasteiger partial charge in [-0.1, -0.05) is 30.3 Å². The molecule has 0 radical (unpaired) electrons. The first-order valence-corrected chi connectivity index (χ1v) is 7.97. The summed E-state index contributed by atoms with van der Waals surface area (Å²) in [6.07, 6.45) is 2.14. The lowest BCUT2D eigenvalue weighted by Crippen LogP contribution is -2.35. The van der Waals surface area contributed by atoms with Crippen molar-refractivity contribution in [1.82, 2.24) is 4.90 Å². The molecule has 1 aliphatic heterocycles. The number of carbonyl (C=O) groups excluding carboxylic acids is 1. The molecule has 3 rings (SSSR count). The van der Waals surface area contributed by atoms with E-state index in [1.807, 2.05) is 28.5 Å². The normalized spacial score (nSPS) is 13.6. The minimum Gasteiger partial charge on any atom is -0.337 e. The molecule has 0 fully saturated rings. The van der Waals surface area contributed by atoms with E-state index < -0.39 is 0 Å². The van der Waals surface area contributed by atoms with Crippen LogP contribution in [0.3, 0.4) is 0 Å². The van der Waals surface area contributed by atoms with Gasteiger partial charge in [0.1, 0.15) is 6.07 Å². The minimum absolute atomic E-state index is 0.205. The van der Waals surface area contributed by atoms with Crippen LogP contribution in [0.15, 0.2) is 35.7 Å². The number of nitriles is 1. The number of thiophene rings is 1. The van der Waals surface area contributed by atoms with E-state index in [1.54, 1.807) is 11.3 Å². The highest BCUT2D eigenvalue weighted by molar-refractivity contribution is 7.10. The molecule has 0 bridgehead atoms. The molecule has 0 spiro atoms. The SMILES string of the molecule is N#Cc1csc2c1CCN(C(=O)CCc1ccccc1)C2. The molecule has 0 unspecified atom stereocenters. The van der Waals surface area contributed by atoms with Gasteiger partial charge in [0.2, 0.25) is 5.91 Å². The predicted molar refractivity (Wildman–Crippen MR) is 82.9 cm³/mol. The standard InChI is InChI=1S/C17H16N2OS/c18-10-14-12-21-16-11-19(9-8-15(14)16)17(20)7-6-13-4-2-1-3-5-13/h1-5,12H,6-9,11H2. The maximum Gasteiger partial charge on any atom is 0.223 e. The van der Waals surface area contributed by atoms with Crippen LogP contribution in [0.1, 0.15) is 28.0 Å². The Balaban J connectivity index is 1.61. The van der Waals surface area contributed by atoms with E-state index in [0.717, 1.165) is 30.5 Å². The number of nitrogens with zero attached hydrogens (tertiary/aromatic N) is 2. The zero-order chi connectivity index (χ0) is 14.7. The molecular formula is C17H16N2OS. The van der Waals surface area contributed by atoms with Crippen LogP contribution in [0.2, 0.25) is 0 Å². The number of fused-ring (bicyclic) bond motifs is 1. The van der Waals surface area contributed by atoms with Crippen molar-refractivity contribution in [2.75, 3.05) is 6.54 Å². The lowest BCUT2D eigenvalue weighted by molar-refractivity contribution is -0.132. The predicted octanol–water partition coefficient (Wildman–Crippen LogP) is 3.14. The Labute approximate surface area is 128 Å². The maximum atomic E-state index is 12.3. The van der Waals surface area contributed by atoms with Crippen LogP contribution < -0.4 is 0 Å². The molecule has 1 aromatic heterocycles. The van der Waals surface area contributed by atoms with Crippen molar-refractivity contribution in [3.63, 3.8) is 0 Å². The number of benzene rings is 1. The van der Waals surface area contributed by atoms with Crippen LogP contribution in [-0.2, 0) is 24.2 Å². The van der Waals surface area contributed by atoms with E-state index in [9.17, 15) is 4.79 Å². The lowest BCUT2D eigenvalue weighted by Gasteiger charge is -2.27. The molecule has 0 saturated carbocycles. The van der Waals surface area contributed by atoms with Crippen molar-refractivity contribution in [3.8, 4) is 6.07 Å². The molecule has 106 valence electrons. The summed E-state index contributed by atoms with van der Waals surface area (Å²) in [5.41, 5.74) is 3.13. The van der Waals surface area contributed by atoms with E-state index in [2.05, 4.69) is 18.2 Å². The van der Waals surface area contributed by atoms with Gasteiger partial charge in [-0.2, -0.15) is 5.26 Å². The Hall–Kier alpha value is -2.12. The highest BCUT2D eigenvalue weighted by Gasteiger charge is 2.23. The van der Waals surface area contributed by atoms with E-state index >= 15 is 0 Å². The summed E-state index contributed by atoms with van der Waals surface area (Å²) in [5, 5.41) is 10.9. The fraction of sp³-hybridized carbons (Fsp3) is 0.294. The van der Waals surface area contributed by atoms with E-state index in [1.165, 1.54) is 10.4 Å². The summed E-state index contributed by atoms with van der Waals surface area (Å²) in [7, 11) is 0. The van der Waals surface area contributed by atoms with Crippen LogP contribution in [0, 0.1) is 11.3 Å². The second kappa shape index (κ2) is 6.11. The van der Waals surface area contributed by atoms with Gasteiger partial charge in [-0.3, -0.25) is 4.79 Å². The number of rotatable bonds is 3. The first-order valence-electron chi connectivity index (χ1n) is 7.09. The molecule has 1 aromatic carbocycles. The topological polar surface area (TPSA) is 44.1 Å². The first kappa shape index (κ1) is 13.8. The van der Waals surface area contributed by atoms with E-state index in [4.69, 9.17) is 5.26 Å². The van der Waals surface area contributed by atoms with Crippen molar-refractivity contribution >= 4 is 17.2 Å². The van der Waals surface area contributed by atoms with Crippen molar-refractivity contribution in [3.05, 3.63) is 57.3 Å². The van der Waals surface area contributed by atoms with Crippen molar-refractivity contribution < 1.29 is 4.79 Å². The Morgan fingerprint density at radius 1 is 1.33 bits per heavy atom. The van der Waals surface area contributed by atoms with Gasteiger partial charge >= 0.3 is 0 Å². The Bertz CT molecular complexity index is 685. The summed E-state index contributed by atoms with van der Waals surface area (Å²) >= 11 is 1.60. The van der Waals surface area contributed by atoms with E-state index in [0.29, 0.717) is 13.0 Å². The Kier molecular flexibility index (Phi) is 4.03. The molecule has 0 saturated heterocycles. The minimum atomic E-state index is 0.205. The smallest absolute Gasteiger partial charge is 0.223 e. The monoisotopic (exact) mass is 296 g/mol. The van der Waals surface area contributed by atoms with Gasteiger partial charge in [-0.15, -0.1) is 11.3 Å². The summed E-state index contributed by atoms with van der Waals surface area (Å²) in [5.74, 6) is 0.205. The quantitative estimate of drug-likeness (QED) is 0.873. The zero-order valence-corrected chi connectivity index (χ0v) is 12.5. The summed E-state index contributed by atoms with van der Waals surface area (Å²) in [6, 6.07) is 12.3. The lowest BCUT2D eigenvalue weighted by atomic mass is 10.0. The van der Waals surface area contributed by atoms with E-state index in [-0.39, 0.29) is 5.91 Å². The van der Waals surface area contributed by atoms with Gasteiger partial charge in [0, 0.05) is 23.2 Å². The Morgan fingerprint density at radius 2 is 2.14 bits per heavy atom.